The summed E-state index contributed by atoms with van der Waals surface area (Å²) in [6, 6.07) is 5.77. The molecule has 0 saturated carbocycles. The van der Waals surface area contributed by atoms with E-state index in [-0.39, 0.29) is 0 Å². The van der Waals surface area contributed by atoms with Gasteiger partial charge in [0.15, 0.2) is 5.76 Å². The number of fused-ring (bicyclic) bond motifs is 1. The van der Waals surface area contributed by atoms with Gasteiger partial charge in [-0.3, -0.25) is 4.40 Å². The van der Waals surface area contributed by atoms with E-state index in [4.69, 9.17) is 4.42 Å². The molecule has 0 fully saturated rings. The topological polar surface area (TPSA) is 43.3 Å². The number of aryl methyl sites for hydroxylation is 2. The molecule has 0 N–H and O–H groups in total. The van der Waals surface area contributed by atoms with Gasteiger partial charge in [0.25, 0.3) is 0 Å². The first-order chi connectivity index (χ1) is 7.74. The maximum absolute atomic E-state index is 5.32. The Balaban J connectivity index is 2.27. The highest BCUT2D eigenvalue weighted by Crippen LogP contribution is 2.19. The molecule has 0 saturated heterocycles. The van der Waals surface area contributed by atoms with E-state index in [0.717, 1.165) is 22.8 Å². The lowest BCUT2D eigenvalue weighted by atomic mass is 10.3. The second-order valence-electron chi connectivity index (χ2n) is 3.81. The Bertz CT molecular complexity index is 638. The zero-order chi connectivity index (χ0) is 11.1. The van der Waals surface area contributed by atoms with E-state index in [9.17, 15) is 0 Å². The summed E-state index contributed by atoms with van der Waals surface area (Å²) < 4.78 is 7.28. The highest BCUT2D eigenvalue weighted by molar-refractivity contribution is 5.55. The minimum Gasteiger partial charge on any atom is -0.463 e. The van der Waals surface area contributed by atoms with Gasteiger partial charge in [0.05, 0.1) is 6.26 Å². The average Bonchev–Trinajstić information content (AvgIpc) is 2.82. The summed E-state index contributed by atoms with van der Waals surface area (Å²) in [7, 11) is 0. The molecule has 0 radical (unpaired) electrons. The molecule has 0 spiro atoms. The lowest BCUT2D eigenvalue weighted by Crippen LogP contribution is -1.94. The molecule has 80 valence electrons. The molecule has 4 heteroatoms. The molecular formula is C12H11N3O. The van der Waals surface area contributed by atoms with Crippen LogP contribution in [-0.4, -0.2) is 14.4 Å². The van der Waals surface area contributed by atoms with Crippen LogP contribution in [0.5, 0.6) is 0 Å². The molecule has 0 unspecified atom stereocenters. The molecule has 16 heavy (non-hydrogen) atoms. The van der Waals surface area contributed by atoms with Crippen molar-refractivity contribution in [2.75, 3.05) is 0 Å². The Labute approximate surface area is 92.6 Å². The van der Waals surface area contributed by atoms with Crippen molar-refractivity contribution in [3.63, 3.8) is 0 Å². The molecule has 0 aliphatic rings. The zero-order valence-electron chi connectivity index (χ0n) is 9.14. The van der Waals surface area contributed by atoms with E-state index >= 15 is 0 Å². The van der Waals surface area contributed by atoms with Gasteiger partial charge in [-0.1, -0.05) is 0 Å². The summed E-state index contributed by atoms with van der Waals surface area (Å²) in [5, 5.41) is 0. The highest BCUT2D eigenvalue weighted by atomic mass is 16.3. The summed E-state index contributed by atoms with van der Waals surface area (Å²) in [4.78, 5) is 8.81. The van der Waals surface area contributed by atoms with Crippen LogP contribution in [0.4, 0.5) is 0 Å². The van der Waals surface area contributed by atoms with E-state index in [1.54, 1.807) is 6.26 Å². The molecule has 0 aromatic carbocycles. The summed E-state index contributed by atoms with van der Waals surface area (Å²) >= 11 is 0. The Hall–Kier alpha value is -2.10. The molecule has 3 aromatic rings. The maximum atomic E-state index is 5.32. The van der Waals surface area contributed by atoms with Crippen LogP contribution in [-0.2, 0) is 0 Å². The quantitative estimate of drug-likeness (QED) is 0.624. The first-order valence-corrected chi connectivity index (χ1v) is 5.11. The molecule has 3 heterocycles. The monoisotopic (exact) mass is 213 g/mol. The molecule has 3 aromatic heterocycles. The minimum absolute atomic E-state index is 0.712. The Morgan fingerprint density at radius 3 is 2.88 bits per heavy atom. The second kappa shape index (κ2) is 3.20. The third kappa shape index (κ3) is 1.31. The van der Waals surface area contributed by atoms with Crippen LogP contribution in [0.15, 0.2) is 35.1 Å². The number of hydrogen-bond donors (Lipinski definition) is 0. The van der Waals surface area contributed by atoms with Gasteiger partial charge >= 0.3 is 0 Å². The fourth-order valence-electron chi connectivity index (χ4n) is 1.81. The largest absolute Gasteiger partial charge is 0.463 e. The molecule has 0 amide bonds. The summed E-state index contributed by atoms with van der Waals surface area (Å²) in [5.74, 6) is 1.48. The Morgan fingerprint density at radius 2 is 2.12 bits per heavy atom. The van der Waals surface area contributed by atoms with Crippen molar-refractivity contribution in [2.45, 2.75) is 13.8 Å². The first-order valence-electron chi connectivity index (χ1n) is 5.11. The standard InChI is InChI=1S/C12H11N3O/c1-8-6-9(2)15-7-10(14-12(15)13-8)11-4-3-5-16-11/h3-7H,1-2H3. The summed E-state index contributed by atoms with van der Waals surface area (Å²) in [6.07, 6.45) is 3.58. The lowest BCUT2D eigenvalue weighted by molar-refractivity contribution is 0.580. The summed E-state index contributed by atoms with van der Waals surface area (Å²) in [5.41, 5.74) is 2.90. The van der Waals surface area contributed by atoms with Crippen LogP contribution >= 0.6 is 0 Å². The average molecular weight is 213 g/mol. The van der Waals surface area contributed by atoms with E-state index in [2.05, 4.69) is 9.97 Å². The van der Waals surface area contributed by atoms with Gasteiger partial charge in [-0.15, -0.1) is 0 Å². The van der Waals surface area contributed by atoms with Crippen molar-refractivity contribution in [3.8, 4) is 11.5 Å². The second-order valence-corrected chi connectivity index (χ2v) is 3.81. The van der Waals surface area contributed by atoms with Crippen molar-refractivity contribution < 1.29 is 4.42 Å². The van der Waals surface area contributed by atoms with Crippen molar-refractivity contribution in [3.05, 3.63) is 42.0 Å². The van der Waals surface area contributed by atoms with Crippen LogP contribution in [0.2, 0.25) is 0 Å². The SMILES string of the molecule is Cc1cc(C)n2cc(-c3ccco3)nc2n1. The maximum Gasteiger partial charge on any atom is 0.234 e. The van der Waals surface area contributed by atoms with Gasteiger partial charge in [0.1, 0.15) is 5.69 Å². The number of imidazole rings is 1. The van der Waals surface area contributed by atoms with Gasteiger partial charge < -0.3 is 4.42 Å². The number of aromatic nitrogens is 3. The van der Waals surface area contributed by atoms with E-state index in [0.29, 0.717) is 5.78 Å². The molecule has 3 rings (SSSR count). The van der Waals surface area contributed by atoms with Crippen LogP contribution < -0.4 is 0 Å². The van der Waals surface area contributed by atoms with E-state index in [1.807, 2.05) is 42.6 Å². The third-order valence-electron chi connectivity index (χ3n) is 2.54. The first kappa shape index (κ1) is 9.15. The molecule has 4 nitrogen and oxygen atoms in total. The Kier molecular flexibility index (Phi) is 1.83. The van der Waals surface area contributed by atoms with Crippen molar-refractivity contribution in [1.29, 1.82) is 0 Å². The number of nitrogens with zero attached hydrogens (tertiary/aromatic N) is 3. The molecule has 0 aliphatic carbocycles. The van der Waals surface area contributed by atoms with Crippen LogP contribution in [0.25, 0.3) is 17.2 Å². The lowest BCUT2D eigenvalue weighted by Gasteiger charge is -1.98. The molecule has 0 bridgehead atoms. The van der Waals surface area contributed by atoms with Crippen molar-refractivity contribution >= 4 is 5.78 Å². The van der Waals surface area contributed by atoms with Crippen LogP contribution in [0, 0.1) is 13.8 Å². The number of hydrogen-bond acceptors (Lipinski definition) is 3. The predicted octanol–water partition coefficient (Wildman–Crippen LogP) is 2.61. The normalized spacial score (nSPS) is 11.1. The Morgan fingerprint density at radius 1 is 1.25 bits per heavy atom. The van der Waals surface area contributed by atoms with Gasteiger partial charge in [0, 0.05) is 17.6 Å². The zero-order valence-corrected chi connectivity index (χ0v) is 9.14. The van der Waals surface area contributed by atoms with Gasteiger partial charge in [-0.2, -0.15) is 0 Å². The highest BCUT2D eigenvalue weighted by Gasteiger charge is 2.08. The fourth-order valence-corrected chi connectivity index (χ4v) is 1.81. The molecular weight excluding hydrogens is 202 g/mol. The third-order valence-corrected chi connectivity index (χ3v) is 2.54. The smallest absolute Gasteiger partial charge is 0.234 e. The van der Waals surface area contributed by atoms with Gasteiger partial charge in [-0.05, 0) is 32.0 Å². The molecule has 0 aliphatic heterocycles. The fraction of sp³-hybridized carbons (Fsp3) is 0.167. The van der Waals surface area contributed by atoms with Gasteiger partial charge in [0.2, 0.25) is 5.78 Å². The van der Waals surface area contributed by atoms with Crippen LogP contribution in [0.3, 0.4) is 0 Å². The van der Waals surface area contributed by atoms with Crippen molar-refractivity contribution in [1.82, 2.24) is 14.4 Å². The number of furan rings is 1. The van der Waals surface area contributed by atoms with Crippen LogP contribution in [0.1, 0.15) is 11.4 Å². The molecule has 0 atom stereocenters. The van der Waals surface area contributed by atoms with E-state index < -0.39 is 0 Å². The van der Waals surface area contributed by atoms with Crippen molar-refractivity contribution in [2.24, 2.45) is 0 Å². The summed E-state index contributed by atoms with van der Waals surface area (Å²) in [6.45, 7) is 4.00. The predicted molar refractivity (Wildman–Crippen MR) is 60.2 cm³/mol. The number of rotatable bonds is 1. The van der Waals surface area contributed by atoms with E-state index in [1.165, 1.54) is 0 Å². The minimum atomic E-state index is 0.712. The van der Waals surface area contributed by atoms with Gasteiger partial charge in [-0.25, -0.2) is 9.97 Å².